The minimum atomic E-state index is -3.87. The second-order valence-electron chi connectivity index (χ2n) is 10.9. The molecule has 0 unspecified atom stereocenters. The number of hydrogen-bond acceptors (Lipinski definition) is 4. The monoisotopic (exact) mass is 629 g/mol. The number of sulfonamides is 1. The van der Waals surface area contributed by atoms with E-state index in [2.05, 4.69) is 5.32 Å². The first-order valence-electron chi connectivity index (χ1n) is 14.1. The molecule has 4 rings (SSSR count). The molecule has 7 nitrogen and oxygen atoms in total. The highest BCUT2D eigenvalue weighted by Gasteiger charge is 2.34. The molecule has 42 heavy (non-hydrogen) atoms. The second kappa shape index (κ2) is 14.4. The summed E-state index contributed by atoms with van der Waals surface area (Å²) in [7, 11) is -3.87. The van der Waals surface area contributed by atoms with Crippen LogP contribution in [0.3, 0.4) is 0 Å². The van der Waals surface area contributed by atoms with E-state index in [1.54, 1.807) is 43.3 Å². The first-order chi connectivity index (χ1) is 20.0. The fourth-order valence-corrected chi connectivity index (χ4v) is 6.73. The van der Waals surface area contributed by atoms with Gasteiger partial charge in [-0.2, -0.15) is 0 Å². The lowest BCUT2D eigenvalue weighted by Crippen LogP contribution is -2.55. The van der Waals surface area contributed by atoms with E-state index in [9.17, 15) is 18.0 Å². The van der Waals surface area contributed by atoms with Gasteiger partial charge in [-0.05, 0) is 60.7 Å². The number of rotatable bonds is 11. The summed E-state index contributed by atoms with van der Waals surface area (Å²) in [6.45, 7) is 1.28. The number of hydrogen-bond donors (Lipinski definition) is 1. The molecule has 2 amide bonds. The lowest BCUT2D eigenvalue weighted by atomic mass is 9.94. The van der Waals surface area contributed by atoms with Gasteiger partial charge in [-0.3, -0.25) is 13.9 Å². The molecule has 0 heterocycles. The Balaban J connectivity index is 1.74. The van der Waals surface area contributed by atoms with E-state index in [1.165, 1.54) is 4.90 Å². The summed E-state index contributed by atoms with van der Waals surface area (Å²) in [4.78, 5) is 29.7. The molecule has 0 spiro atoms. The molecule has 224 valence electrons. The molecule has 1 aliphatic carbocycles. The van der Waals surface area contributed by atoms with Crippen molar-refractivity contribution in [1.82, 2.24) is 10.2 Å². The van der Waals surface area contributed by atoms with Gasteiger partial charge >= 0.3 is 0 Å². The van der Waals surface area contributed by atoms with Crippen LogP contribution in [0, 0.1) is 6.92 Å². The summed E-state index contributed by atoms with van der Waals surface area (Å²) in [6.07, 6.45) is 6.32. The maximum absolute atomic E-state index is 14.3. The number of carbonyl (C=O) groups is 2. The molecule has 10 heteroatoms. The minimum absolute atomic E-state index is 0.0330. The third-order valence-electron chi connectivity index (χ3n) is 7.63. The van der Waals surface area contributed by atoms with E-state index in [4.69, 9.17) is 23.2 Å². The maximum atomic E-state index is 14.3. The predicted molar refractivity (Wildman–Crippen MR) is 169 cm³/mol. The SMILES string of the molecule is Cc1cc(Cl)ccc1N(CC(=O)N(Cc1ccccc1Cl)[C@@H](Cc1ccccc1)C(=O)NC1CCCCC1)S(C)(=O)=O. The molecular weight excluding hydrogens is 593 g/mol. The van der Waals surface area contributed by atoms with Crippen LogP contribution in [0.25, 0.3) is 0 Å². The molecular formula is C32H37Cl2N3O4S. The molecule has 1 atom stereocenters. The highest BCUT2D eigenvalue weighted by molar-refractivity contribution is 7.92. The molecule has 0 aliphatic heterocycles. The molecule has 3 aromatic carbocycles. The van der Waals surface area contributed by atoms with Crippen LogP contribution >= 0.6 is 23.2 Å². The van der Waals surface area contributed by atoms with Gasteiger partial charge < -0.3 is 10.2 Å². The van der Waals surface area contributed by atoms with Crippen molar-refractivity contribution in [3.05, 3.63) is 99.5 Å². The number of nitrogens with one attached hydrogen (secondary N) is 1. The number of anilines is 1. The number of carbonyl (C=O) groups excluding carboxylic acids is 2. The van der Waals surface area contributed by atoms with Crippen LogP contribution in [-0.4, -0.2) is 50.0 Å². The highest BCUT2D eigenvalue weighted by Crippen LogP contribution is 2.27. The Morgan fingerprint density at radius 3 is 2.26 bits per heavy atom. The van der Waals surface area contributed by atoms with Crippen LogP contribution in [-0.2, 0) is 32.6 Å². The van der Waals surface area contributed by atoms with Crippen molar-refractivity contribution >= 4 is 50.7 Å². The van der Waals surface area contributed by atoms with Crippen molar-refractivity contribution in [2.45, 2.75) is 64.1 Å². The molecule has 1 aliphatic rings. The molecule has 1 fully saturated rings. The van der Waals surface area contributed by atoms with Crippen molar-refractivity contribution < 1.29 is 18.0 Å². The number of benzene rings is 3. The van der Waals surface area contributed by atoms with Crippen LogP contribution in [0.5, 0.6) is 0 Å². The zero-order valence-corrected chi connectivity index (χ0v) is 26.3. The molecule has 0 aromatic heterocycles. The lowest BCUT2D eigenvalue weighted by molar-refractivity contribution is -0.140. The number of aryl methyl sites for hydroxylation is 1. The van der Waals surface area contributed by atoms with Gasteiger partial charge in [0.2, 0.25) is 21.8 Å². The lowest BCUT2D eigenvalue weighted by Gasteiger charge is -2.35. The van der Waals surface area contributed by atoms with Crippen molar-refractivity contribution in [3.63, 3.8) is 0 Å². The predicted octanol–water partition coefficient (Wildman–Crippen LogP) is 6.16. The third kappa shape index (κ3) is 8.49. The number of amides is 2. The van der Waals surface area contributed by atoms with Gasteiger partial charge in [0.1, 0.15) is 12.6 Å². The first-order valence-corrected chi connectivity index (χ1v) is 16.7. The average Bonchev–Trinajstić information content (AvgIpc) is 2.95. The molecule has 1 saturated carbocycles. The zero-order chi connectivity index (χ0) is 30.3. The van der Waals surface area contributed by atoms with Crippen molar-refractivity contribution in [2.75, 3.05) is 17.1 Å². The van der Waals surface area contributed by atoms with Gasteiger partial charge in [0.15, 0.2) is 0 Å². The molecule has 0 saturated heterocycles. The Kier molecular flexibility index (Phi) is 10.9. The van der Waals surface area contributed by atoms with E-state index >= 15 is 0 Å². The molecule has 3 aromatic rings. The van der Waals surface area contributed by atoms with E-state index in [-0.39, 0.29) is 24.9 Å². The maximum Gasteiger partial charge on any atom is 0.244 e. The van der Waals surface area contributed by atoms with Crippen molar-refractivity contribution in [1.29, 1.82) is 0 Å². The van der Waals surface area contributed by atoms with Crippen LogP contribution in [0.15, 0.2) is 72.8 Å². The van der Waals surface area contributed by atoms with Gasteiger partial charge in [-0.25, -0.2) is 8.42 Å². The van der Waals surface area contributed by atoms with Crippen LogP contribution in [0.1, 0.15) is 48.8 Å². The topological polar surface area (TPSA) is 86.8 Å². The Morgan fingerprint density at radius 1 is 0.952 bits per heavy atom. The van der Waals surface area contributed by atoms with Crippen LogP contribution in [0.4, 0.5) is 5.69 Å². The quantitative estimate of drug-likeness (QED) is 0.275. The van der Waals surface area contributed by atoms with E-state index < -0.39 is 28.5 Å². The Hall–Kier alpha value is -3.07. The summed E-state index contributed by atoms with van der Waals surface area (Å²) in [5.41, 5.74) is 2.49. The first kappa shape index (κ1) is 31.9. The van der Waals surface area contributed by atoms with Gasteiger partial charge in [0.05, 0.1) is 11.9 Å². The highest BCUT2D eigenvalue weighted by atomic mass is 35.5. The van der Waals surface area contributed by atoms with Crippen LogP contribution < -0.4 is 9.62 Å². The van der Waals surface area contributed by atoms with Crippen LogP contribution in [0.2, 0.25) is 10.0 Å². The fourth-order valence-electron chi connectivity index (χ4n) is 5.40. The third-order valence-corrected chi connectivity index (χ3v) is 9.36. The molecule has 0 bridgehead atoms. The smallest absolute Gasteiger partial charge is 0.244 e. The van der Waals surface area contributed by atoms with Gasteiger partial charge in [0.25, 0.3) is 0 Å². The summed E-state index contributed by atoms with van der Waals surface area (Å²) in [6, 6.07) is 20.6. The average molecular weight is 631 g/mol. The van der Waals surface area contributed by atoms with Gasteiger partial charge in [-0.1, -0.05) is 91.0 Å². The normalized spacial score (nSPS) is 14.7. The Morgan fingerprint density at radius 2 is 1.62 bits per heavy atom. The van der Waals surface area contributed by atoms with Crippen molar-refractivity contribution in [3.8, 4) is 0 Å². The summed E-state index contributed by atoms with van der Waals surface area (Å²) < 4.78 is 27.1. The summed E-state index contributed by atoms with van der Waals surface area (Å²) >= 11 is 12.7. The number of nitrogens with zero attached hydrogens (tertiary/aromatic N) is 2. The Bertz CT molecular complexity index is 1490. The fraction of sp³-hybridized carbons (Fsp3) is 0.375. The van der Waals surface area contributed by atoms with E-state index in [0.717, 1.165) is 48.2 Å². The number of halogens is 2. The molecule has 0 radical (unpaired) electrons. The largest absolute Gasteiger partial charge is 0.352 e. The van der Waals surface area contributed by atoms with E-state index in [0.29, 0.717) is 26.9 Å². The zero-order valence-electron chi connectivity index (χ0n) is 23.9. The van der Waals surface area contributed by atoms with Gasteiger partial charge in [0, 0.05) is 29.1 Å². The van der Waals surface area contributed by atoms with Gasteiger partial charge in [-0.15, -0.1) is 0 Å². The Labute approximate surface area is 258 Å². The second-order valence-corrected chi connectivity index (χ2v) is 13.6. The van der Waals surface area contributed by atoms with Crippen molar-refractivity contribution in [2.24, 2.45) is 0 Å². The standard InChI is InChI=1S/C32H37Cl2N3O4S/c1-23-19-26(33)17-18-29(23)37(42(2,40)41)22-31(38)36(21-25-13-9-10-16-28(25)34)30(20-24-11-5-3-6-12-24)32(39)35-27-14-7-4-8-15-27/h3,5-6,9-13,16-19,27,30H,4,7-8,14-15,20-22H2,1-2H3,(H,35,39)/t30-/m0/s1. The minimum Gasteiger partial charge on any atom is -0.352 e. The summed E-state index contributed by atoms with van der Waals surface area (Å²) in [5, 5.41) is 4.10. The molecule has 1 N–H and O–H groups in total. The summed E-state index contributed by atoms with van der Waals surface area (Å²) in [5.74, 6) is -0.783. The van der Waals surface area contributed by atoms with E-state index in [1.807, 2.05) is 36.4 Å².